The van der Waals surface area contributed by atoms with Gasteiger partial charge in [-0.3, -0.25) is 0 Å². The number of nitrogens with two attached hydrogens (primary N) is 1. The molecule has 0 fully saturated rings. The Kier molecular flexibility index (Phi) is 3.51. The van der Waals surface area contributed by atoms with Crippen molar-refractivity contribution in [3.05, 3.63) is 60.3 Å². The van der Waals surface area contributed by atoms with Gasteiger partial charge >= 0.3 is 0 Å². The molecule has 3 nitrogen and oxygen atoms in total. The van der Waals surface area contributed by atoms with E-state index in [1.54, 1.807) is 6.20 Å². The highest BCUT2D eigenvalue weighted by atomic mass is 16.5. The lowest BCUT2D eigenvalue weighted by atomic mass is 10.1. The molecule has 1 atom stereocenters. The van der Waals surface area contributed by atoms with E-state index in [1.165, 1.54) is 0 Å². The van der Waals surface area contributed by atoms with Crippen molar-refractivity contribution in [2.75, 3.05) is 6.54 Å². The van der Waals surface area contributed by atoms with Crippen LogP contribution in [-0.2, 0) is 0 Å². The first-order valence-electron chi connectivity index (χ1n) is 5.23. The maximum absolute atomic E-state index is 5.71. The number of ether oxygens (including phenoxy) is 1. The van der Waals surface area contributed by atoms with Crippen molar-refractivity contribution in [2.45, 2.75) is 6.10 Å². The second-order valence-electron chi connectivity index (χ2n) is 3.42. The zero-order chi connectivity index (χ0) is 11.2. The Bertz CT molecular complexity index is 416. The van der Waals surface area contributed by atoms with Crippen molar-refractivity contribution in [3.8, 4) is 5.88 Å². The van der Waals surface area contributed by atoms with Crippen LogP contribution in [0.4, 0.5) is 0 Å². The van der Waals surface area contributed by atoms with E-state index >= 15 is 0 Å². The highest BCUT2D eigenvalue weighted by Gasteiger charge is 2.10. The van der Waals surface area contributed by atoms with Crippen molar-refractivity contribution >= 4 is 0 Å². The molecule has 0 amide bonds. The molecule has 3 heteroatoms. The highest BCUT2D eigenvalue weighted by Crippen LogP contribution is 2.18. The molecule has 2 N–H and O–H groups in total. The number of hydrogen-bond acceptors (Lipinski definition) is 3. The van der Waals surface area contributed by atoms with E-state index in [0.717, 1.165) is 5.56 Å². The molecular weight excluding hydrogens is 200 g/mol. The Labute approximate surface area is 94.9 Å². The van der Waals surface area contributed by atoms with Crippen molar-refractivity contribution < 1.29 is 4.74 Å². The third kappa shape index (κ3) is 2.58. The van der Waals surface area contributed by atoms with Crippen LogP contribution in [0.5, 0.6) is 5.88 Å². The average Bonchev–Trinajstić information content (AvgIpc) is 2.38. The molecule has 0 saturated heterocycles. The minimum atomic E-state index is -0.143. The van der Waals surface area contributed by atoms with Crippen LogP contribution in [0, 0.1) is 0 Å². The van der Waals surface area contributed by atoms with Crippen molar-refractivity contribution in [3.63, 3.8) is 0 Å². The predicted molar refractivity (Wildman–Crippen MR) is 63.1 cm³/mol. The van der Waals surface area contributed by atoms with Crippen LogP contribution in [0.1, 0.15) is 11.7 Å². The summed E-state index contributed by atoms with van der Waals surface area (Å²) in [5.74, 6) is 0.599. The molecule has 0 aliphatic rings. The van der Waals surface area contributed by atoms with E-state index in [4.69, 9.17) is 10.5 Å². The van der Waals surface area contributed by atoms with Gasteiger partial charge in [-0.05, 0) is 11.6 Å². The second kappa shape index (κ2) is 5.28. The molecule has 1 heterocycles. The van der Waals surface area contributed by atoms with Gasteiger partial charge in [-0.25, -0.2) is 4.98 Å². The Balaban J connectivity index is 2.13. The minimum absolute atomic E-state index is 0.143. The fraction of sp³-hybridized carbons (Fsp3) is 0.154. The largest absolute Gasteiger partial charge is 0.468 e. The summed E-state index contributed by atoms with van der Waals surface area (Å²) in [7, 11) is 0. The van der Waals surface area contributed by atoms with Crippen LogP contribution in [0.2, 0.25) is 0 Å². The summed E-state index contributed by atoms with van der Waals surface area (Å²) in [4.78, 5) is 4.11. The summed E-state index contributed by atoms with van der Waals surface area (Å²) < 4.78 is 5.71. The Morgan fingerprint density at radius 2 is 1.81 bits per heavy atom. The van der Waals surface area contributed by atoms with Gasteiger partial charge in [0.1, 0.15) is 6.10 Å². The summed E-state index contributed by atoms with van der Waals surface area (Å²) in [6, 6.07) is 15.5. The number of aromatic nitrogens is 1. The van der Waals surface area contributed by atoms with Crippen LogP contribution >= 0.6 is 0 Å². The molecule has 0 bridgehead atoms. The van der Waals surface area contributed by atoms with Gasteiger partial charge in [0, 0.05) is 18.8 Å². The van der Waals surface area contributed by atoms with Gasteiger partial charge in [0.15, 0.2) is 0 Å². The monoisotopic (exact) mass is 214 g/mol. The molecule has 0 radical (unpaired) electrons. The van der Waals surface area contributed by atoms with Gasteiger partial charge < -0.3 is 10.5 Å². The normalized spacial score (nSPS) is 12.1. The second-order valence-corrected chi connectivity index (χ2v) is 3.42. The van der Waals surface area contributed by atoms with Crippen molar-refractivity contribution in [1.29, 1.82) is 0 Å². The van der Waals surface area contributed by atoms with Gasteiger partial charge in [0.2, 0.25) is 5.88 Å². The predicted octanol–water partition coefficient (Wildman–Crippen LogP) is 2.16. The zero-order valence-corrected chi connectivity index (χ0v) is 8.91. The molecular formula is C13H14N2O. The number of benzene rings is 1. The van der Waals surface area contributed by atoms with Gasteiger partial charge in [-0.15, -0.1) is 0 Å². The minimum Gasteiger partial charge on any atom is -0.468 e. The Hall–Kier alpha value is -1.87. The fourth-order valence-corrected chi connectivity index (χ4v) is 1.48. The number of rotatable bonds is 4. The van der Waals surface area contributed by atoms with Crippen LogP contribution in [0.15, 0.2) is 54.7 Å². The molecule has 1 aromatic carbocycles. The SMILES string of the molecule is NCC(Oc1ccccn1)c1ccccc1. The molecule has 0 aliphatic heterocycles. The molecule has 0 spiro atoms. The molecule has 2 aromatic rings. The lowest BCUT2D eigenvalue weighted by molar-refractivity contribution is 0.205. The smallest absolute Gasteiger partial charge is 0.213 e. The molecule has 16 heavy (non-hydrogen) atoms. The van der Waals surface area contributed by atoms with Gasteiger partial charge in [0.25, 0.3) is 0 Å². The number of hydrogen-bond donors (Lipinski definition) is 1. The first-order valence-corrected chi connectivity index (χ1v) is 5.23. The van der Waals surface area contributed by atoms with Gasteiger partial charge in [-0.1, -0.05) is 36.4 Å². The maximum atomic E-state index is 5.71. The topological polar surface area (TPSA) is 48.1 Å². The number of nitrogens with zero attached hydrogens (tertiary/aromatic N) is 1. The van der Waals surface area contributed by atoms with Crippen LogP contribution < -0.4 is 10.5 Å². The average molecular weight is 214 g/mol. The van der Waals surface area contributed by atoms with E-state index in [1.807, 2.05) is 48.5 Å². The van der Waals surface area contributed by atoms with E-state index < -0.39 is 0 Å². The zero-order valence-electron chi connectivity index (χ0n) is 8.91. The van der Waals surface area contributed by atoms with E-state index in [0.29, 0.717) is 12.4 Å². The van der Waals surface area contributed by atoms with E-state index in [-0.39, 0.29) is 6.10 Å². The summed E-state index contributed by atoms with van der Waals surface area (Å²) in [5.41, 5.74) is 6.77. The van der Waals surface area contributed by atoms with Gasteiger partial charge in [-0.2, -0.15) is 0 Å². The summed E-state index contributed by atoms with van der Waals surface area (Å²) >= 11 is 0. The summed E-state index contributed by atoms with van der Waals surface area (Å²) in [6.07, 6.45) is 1.56. The first-order chi connectivity index (χ1) is 7.90. The van der Waals surface area contributed by atoms with E-state index in [9.17, 15) is 0 Å². The Morgan fingerprint density at radius 3 is 2.44 bits per heavy atom. The first kappa shape index (κ1) is 10.6. The Morgan fingerprint density at radius 1 is 1.06 bits per heavy atom. The molecule has 0 aliphatic carbocycles. The van der Waals surface area contributed by atoms with Crippen LogP contribution in [0.25, 0.3) is 0 Å². The lowest BCUT2D eigenvalue weighted by Gasteiger charge is -2.16. The molecule has 2 rings (SSSR count). The van der Waals surface area contributed by atoms with Crippen molar-refractivity contribution in [2.24, 2.45) is 5.73 Å². The molecule has 1 unspecified atom stereocenters. The maximum Gasteiger partial charge on any atom is 0.213 e. The molecule has 82 valence electrons. The highest BCUT2D eigenvalue weighted by molar-refractivity contribution is 5.20. The summed E-state index contributed by atoms with van der Waals surface area (Å²) in [5, 5.41) is 0. The molecule has 1 aromatic heterocycles. The van der Waals surface area contributed by atoms with Crippen LogP contribution in [-0.4, -0.2) is 11.5 Å². The molecule has 0 saturated carbocycles. The van der Waals surface area contributed by atoms with Crippen LogP contribution in [0.3, 0.4) is 0 Å². The summed E-state index contributed by atoms with van der Waals surface area (Å²) in [6.45, 7) is 0.431. The lowest BCUT2D eigenvalue weighted by Crippen LogP contribution is -2.18. The van der Waals surface area contributed by atoms with E-state index in [2.05, 4.69) is 4.98 Å². The number of pyridine rings is 1. The van der Waals surface area contributed by atoms with Gasteiger partial charge in [0.05, 0.1) is 0 Å². The van der Waals surface area contributed by atoms with Crippen molar-refractivity contribution in [1.82, 2.24) is 4.98 Å². The quantitative estimate of drug-likeness (QED) is 0.848. The standard InChI is InChI=1S/C13H14N2O/c14-10-12(11-6-2-1-3-7-11)16-13-8-4-5-9-15-13/h1-9,12H,10,14H2. The third-order valence-corrected chi connectivity index (χ3v) is 2.29. The third-order valence-electron chi connectivity index (χ3n) is 2.29. The fourth-order valence-electron chi connectivity index (χ4n) is 1.48.